The summed E-state index contributed by atoms with van der Waals surface area (Å²) in [5, 5.41) is 14.2. The molecule has 1 fully saturated rings. The van der Waals surface area contributed by atoms with Crippen molar-refractivity contribution in [2.24, 2.45) is 0 Å². The molecule has 0 unspecified atom stereocenters. The molecule has 0 spiro atoms. The molecule has 2 rings (SSSR count). The number of nitro groups is 1. The van der Waals surface area contributed by atoms with Gasteiger partial charge in [0.2, 0.25) is 0 Å². The minimum Gasteiger partial charge on any atom is -0.482 e. The fourth-order valence-electron chi connectivity index (χ4n) is 2.45. The van der Waals surface area contributed by atoms with E-state index < -0.39 is 16.5 Å². The molecule has 25 heavy (non-hydrogen) atoms. The summed E-state index contributed by atoms with van der Waals surface area (Å²) in [6, 6.07) is 4.32. The predicted octanol–water partition coefficient (Wildman–Crippen LogP) is 2.91. The zero-order chi connectivity index (χ0) is 18.4. The van der Waals surface area contributed by atoms with Crippen LogP contribution in [0.3, 0.4) is 0 Å². The molecule has 1 atom stereocenters. The molecule has 0 bridgehead atoms. The zero-order valence-corrected chi connectivity index (χ0v) is 14.7. The third kappa shape index (κ3) is 6.22. The van der Waals surface area contributed by atoms with Crippen molar-refractivity contribution in [1.29, 1.82) is 0 Å². The second kappa shape index (κ2) is 8.15. The number of anilines is 1. The normalized spacial score (nSPS) is 17.2. The van der Waals surface area contributed by atoms with Gasteiger partial charge in [-0.3, -0.25) is 10.1 Å². The van der Waals surface area contributed by atoms with Gasteiger partial charge in [-0.05, 0) is 39.7 Å². The van der Waals surface area contributed by atoms with E-state index in [-0.39, 0.29) is 18.4 Å². The fourth-order valence-corrected chi connectivity index (χ4v) is 2.45. The summed E-state index contributed by atoms with van der Waals surface area (Å²) in [6.45, 7) is 6.24. The van der Waals surface area contributed by atoms with Crippen LogP contribution in [0, 0.1) is 10.1 Å². The number of carbonyl (C=O) groups excluding carboxylic acids is 1. The molecule has 8 nitrogen and oxygen atoms in total. The number of rotatable bonds is 7. The number of esters is 1. The van der Waals surface area contributed by atoms with Crippen molar-refractivity contribution in [1.82, 2.24) is 0 Å². The van der Waals surface area contributed by atoms with Crippen molar-refractivity contribution in [3.8, 4) is 5.75 Å². The van der Waals surface area contributed by atoms with E-state index in [0.717, 1.165) is 12.8 Å². The molecule has 1 heterocycles. The summed E-state index contributed by atoms with van der Waals surface area (Å²) >= 11 is 0. The highest BCUT2D eigenvalue weighted by atomic mass is 16.6. The van der Waals surface area contributed by atoms with E-state index in [0.29, 0.717) is 24.6 Å². The lowest BCUT2D eigenvalue weighted by Gasteiger charge is -2.19. The largest absolute Gasteiger partial charge is 0.482 e. The summed E-state index contributed by atoms with van der Waals surface area (Å²) < 4.78 is 16.1. The van der Waals surface area contributed by atoms with Crippen molar-refractivity contribution in [2.45, 2.75) is 45.3 Å². The quantitative estimate of drug-likeness (QED) is 0.457. The van der Waals surface area contributed by atoms with Crippen molar-refractivity contribution in [3.63, 3.8) is 0 Å². The molecule has 1 aromatic carbocycles. The van der Waals surface area contributed by atoms with Gasteiger partial charge in [-0.2, -0.15) is 0 Å². The first-order valence-electron chi connectivity index (χ1n) is 8.23. The zero-order valence-electron chi connectivity index (χ0n) is 14.7. The van der Waals surface area contributed by atoms with Gasteiger partial charge >= 0.3 is 5.97 Å². The third-order valence-corrected chi connectivity index (χ3v) is 3.49. The first-order chi connectivity index (χ1) is 11.7. The molecule has 1 aromatic rings. The van der Waals surface area contributed by atoms with Crippen LogP contribution in [0.1, 0.15) is 33.6 Å². The minimum absolute atomic E-state index is 0.0472. The number of nitrogens with zero attached hydrogens (tertiary/aromatic N) is 1. The van der Waals surface area contributed by atoms with Gasteiger partial charge < -0.3 is 19.5 Å². The Morgan fingerprint density at radius 3 is 2.80 bits per heavy atom. The van der Waals surface area contributed by atoms with E-state index in [1.807, 2.05) is 0 Å². The first-order valence-corrected chi connectivity index (χ1v) is 8.23. The second-order valence-corrected chi connectivity index (χ2v) is 6.83. The lowest BCUT2D eigenvalue weighted by molar-refractivity contribution is -0.384. The highest BCUT2D eigenvalue weighted by Gasteiger charge is 2.20. The molecule has 1 N–H and O–H groups in total. The second-order valence-electron chi connectivity index (χ2n) is 6.83. The Hall–Kier alpha value is -2.35. The standard InChI is InChI=1S/C17H24N2O6/c1-17(2,3)25-16(20)11-24-12-6-7-15(19(21)22)14(9-12)18-10-13-5-4-8-23-13/h6-7,9,13,18H,4-5,8,10-11H2,1-3H3/t13-/m0/s1. The Labute approximate surface area is 146 Å². The molecule has 0 radical (unpaired) electrons. The highest BCUT2D eigenvalue weighted by molar-refractivity contribution is 5.72. The van der Waals surface area contributed by atoms with Gasteiger partial charge in [-0.15, -0.1) is 0 Å². The Morgan fingerprint density at radius 2 is 2.20 bits per heavy atom. The van der Waals surface area contributed by atoms with E-state index in [2.05, 4.69) is 5.32 Å². The van der Waals surface area contributed by atoms with Gasteiger partial charge in [0.25, 0.3) is 5.69 Å². The average Bonchev–Trinajstić information content (AvgIpc) is 3.02. The van der Waals surface area contributed by atoms with Crippen LogP contribution in [-0.4, -0.2) is 42.4 Å². The van der Waals surface area contributed by atoms with Gasteiger partial charge in [0.15, 0.2) is 6.61 Å². The molecule has 0 saturated carbocycles. The van der Waals surface area contributed by atoms with Crippen LogP contribution in [-0.2, 0) is 14.3 Å². The van der Waals surface area contributed by atoms with Crippen LogP contribution >= 0.6 is 0 Å². The molecule has 1 aliphatic heterocycles. The summed E-state index contributed by atoms with van der Waals surface area (Å²) in [7, 11) is 0. The number of hydrogen-bond donors (Lipinski definition) is 1. The average molecular weight is 352 g/mol. The molecule has 8 heteroatoms. The first kappa shape index (κ1) is 19.0. The van der Waals surface area contributed by atoms with Crippen molar-refractivity contribution >= 4 is 17.3 Å². The Kier molecular flexibility index (Phi) is 6.19. The number of carbonyl (C=O) groups is 1. The van der Waals surface area contributed by atoms with Crippen LogP contribution < -0.4 is 10.1 Å². The number of ether oxygens (including phenoxy) is 3. The number of nitrogens with one attached hydrogen (secondary N) is 1. The van der Waals surface area contributed by atoms with Crippen LogP contribution in [0.5, 0.6) is 5.75 Å². The van der Waals surface area contributed by atoms with Gasteiger partial charge in [-0.1, -0.05) is 0 Å². The molecular formula is C17H24N2O6. The topological polar surface area (TPSA) is 99.9 Å². The van der Waals surface area contributed by atoms with Crippen LogP contribution in [0.25, 0.3) is 0 Å². The molecule has 138 valence electrons. The summed E-state index contributed by atoms with van der Waals surface area (Å²) in [5.41, 5.74) is -0.311. The smallest absolute Gasteiger partial charge is 0.344 e. The molecule has 1 saturated heterocycles. The number of nitro benzene ring substituents is 1. The minimum atomic E-state index is -0.593. The van der Waals surface area contributed by atoms with Crippen LogP contribution in [0.4, 0.5) is 11.4 Å². The predicted molar refractivity (Wildman–Crippen MR) is 91.9 cm³/mol. The van der Waals surface area contributed by atoms with Crippen molar-refractivity contribution < 1.29 is 23.9 Å². The maximum Gasteiger partial charge on any atom is 0.344 e. The van der Waals surface area contributed by atoms with E-state index in [4.69, 9.17) is 14.2 Å². The lowest BCUT2D eigenvalue weighted by Crippen LogP contribution is -2.27. The van der Waals surface area contributed by atoms with Crippen LogP contribution in [0.2, 0.25) is 0 Å². The Morgan fingerprint density at radius 1 is 1.44 bits per heavy atom. The van der Waals surface area contributed by atoms with Gasteiger partial charge in [0.1, 0.15) is 17.0 Å². The van der Waals surface area contributed by atoms with Crippen molar-refractivity contribution in [2.75, 3.05) is 25.1 Å². The lowest BCUT2D eigenvalue weighted by atomic mass is 10.2. The van der Waals surface area contributed by atoms with Gasteiger partial charge in [-0.25, -0.2) is 4.79 Å². The van der Waals surface area contributed by atoms with Crippen molar-refractivity contribution in [3.05, 3.63) is 28.3 Å². The van der Waals surface area contributed by atoms with E-state index in [1.54, 1.807) is 20.8 Å². The molecule has 1 aliphatic rings. The Bertz CT molecular complexity index is 620. The molecular weight excluding hydrogens is 328 g/mol. The molecule has 0 aliphatic carbocycles. The number of benzene rings is 1. The molecule has 0 aromatic heterocycles. The molecule has 0 amide bonds. The van der Waals surface area contributed by atoms with Crippen LogP contribution in [0.15, 0.2) is 18.2 Å². The van der Waals surface area contributed by atoms with E-state index in [9.17, 15) is 14.9 Å². The summed E-state index contributed by atoms with van der Waals surface area (Å²) in [5.74, 6) is -0.147. The van der Waals surface area contributed by atoms with E-state index >= 15 is 0 Å². The monoisotopic (exact) mass is 352 g/mol. The van der Waals surface area contributed by atoms with Gasteiger partial charge in [0, 0.05) is 25.3 Å². The maximum atomic E-state index is 11.7. The SMILES string of the molecule is CC(C)(C)OC(=O)COc1ccc([N+](=O)[O-])c(NC[C@@H]2CCCO2)c1. The van der Waals surface area contributed by atoms with Gasteiger partial charge in [0.05, 0.1) is 11.0 Å². The fraction of sp³-hybridized carbons (Fsp3) is 0.588. The maximum absolute atomic E-state index is 11.7. The highest BCUT2D eigenvalue weighted by Crippen LogP contribution is 2.29. The summed E-state index contributed by atoms with van der Waals surface area (Å²) in [6.07, 6.45) is 1.97. The number of hydrogen-bond acceptors (Lipinski definition) is 7. The van der Waals surface area contributed by atoms with E-state index in [1.165, 1.54) is 18.2 Å². The summed E-state index contributed by atoms with van der Waals surface area (Å²) in [4.78, 5) is 22.4. The third-order valence-electron chi connectivity index (χ3n) is 3.49. The Balaban J connectivity index is 2.00.